The summed E-state index contributed by atoms with van der Waals surface area (Å²) in [6.07, 6.45) is 10.1. The molecule has 5 rings (SSSR count). The summed E-state index contributed by atoms with van der Waals surface area (Å²) >= 11 is 0. The van der Waals surface area contributed by atoms with Gasteiger partial charge >= 0.3 is 0 Å². The molecule has 0 radical (unpaired) electrons. The monoisotopic (exact) mass is 535 g/mol. The Labute approximate surface area is 231 Å². The quantitative estimate of drug-likeness (QED) is 0.386. The van der Waals surface area contributed by atoms with Crippen molar-refractivity contribution >= 4 is 17.2 Å². The number of ether oxygens (including phenoxy) is 1. The Morgan fingerprint density at radius 3 is 2.64 bits per heavy atom. The highest BCUT2D eigenvalue weighted by molar-refractivity contribution is 6.06. The second-order valence-corrected chi connectivity index (χ2v) is 11.9. The van der Waals surface area contributed by atoms with Crippen LogP contribution in [0.4, 0.5) is 0 Å². The minimum absolute atomic E-state index is 0.175. The summed E-state index contributed by atoms with van der Waals surface area (Å²) in [5.41, 5.74) is 2.64. The maximum Gasteiger partial charge on any atom is 0.189 e. The first kappa shape index (κ1) is 27.6. The molecule has 3 fully saturated rings. The van der Waals surface area contributed by atoms with E-state index in [1.165, 1.54) is 11.1 Å². The number of benzene rings is 1. The van der Waals surface area contributed by atoms with Crippen molar-refractivity contribution in [3.8, 4) is 5.75 Å². The predicted molar refractivity (Wildman–Crippen MR) is 151 cm³/mol. The van der Waals surface area contributed by atoms with E-state index in [2.05, 4.69) is 24.2 Å². The molecule has 3 saturated carbocycles. The van der Waals surface area contributed by atoms with Gasteiger partial charge in [-0.2, -0.15) is 5.10 Å². The molecular formula is C31H41N3O5. The summed E-state index contributed by atoms with van der Waals surface area (Å²) in [7, 11) is 3.83. The van der Waals surface area contributed by atoms with Crippen molar-refractivity contribution in [1.82, 2.24) is 5.01 Å². The first-order chi connectivity index (χ1) is 18.7. The van der Waals surface area contributed by atoms with Crippen molar-refractivity contribution in [2.75, 3.05) is 33.9 Å². The lowest BCUT2D eigenvalue weighted by Crippen LogP contribution is -2.55. The zero-order valence-electron chi connectivity index (χ0n) is 23.5. The number of hydrazone groups is 1. The topological polar surface area (TPSA) is 104 Å². The molecule has 39 heavy (non-hydrogen) atoms. The van der Waals surface area contributed by atoms with E-state index in [9.17, 15) is 15.0 Å². The number of rotatable bonds is 8. The molecule has 6 atom stereocenters. The lowest BCUT2D eigenvalue weighted by molar-refractivity contribution is -0.146. The fraction of sp³-hybridized carbons (Fsp3) is 0.581. The molecule has 0 bridgehead atoms. The van der Waals surface area contributed by atoms with Crippen molar-refractivity contribution in [1.29, 1.82) is 0 Å². The van der Waals surface area contributed by atoms with Crippen LogP contribution in [0.25, 0.3) is 0 Å². The Morgan fingerprint density at radius 1 is 1.15 bits per heavy atom. The second kappa shape index (κ2) is 10.9. The van der Waals surface area contributed by atoms with Crippen LogP contribution in [0.2, 0.25) is 0 Å². The molecule has 8 heteroatoms. The van der Waals surface area contributed by atoms with E-state index in [4.69, 9.17) is 14.7 Å². The smallest absolute Gasteiger partial charge is 0.189 e. The number of hydrogen-bond acceptors (Lipinski definition) is 8. The lowest BCUT2D eigenvalue weighted by Gasteiger charge is -2.54. The second-order valence-electron chi connectivity index (χ2n) is 11.9. The van der Waals surface area contributed by atoms with Gasteiger partial charge in [0.15, 0.2) is 12.4 Å². The van der Waals surface area contributed by atoms with Crippen LogP contribution in [0.5, 0.6) is 5.75 Å². The van der Waals surface area contributed by atoms with Crippen LogP contribution >= 0.6 is 0 Å². The van der Waals surface area contributed by atoms with Crippen molar-refractivity contribution in [2.45, 2.75) is 51.6 Å². The van der Waals surface area contributed by atoms with Gasteiger partial charge in [-0.15, -0.1) is 0 Å². The van der Waals surface area contributed by atoms with Gasteiger partial charge in [-0.05, 0) is 75.1 Å². The number of fused-ring (bicyclic) bond motifs is 5. The normalized spacial score (nSPS) is 35.2. The zero-order valence-corrected chi connectivity index (χ0v) is 23.5. The van der Waals surface area contributed by atoms with Crippen molar-refractivity contribution in [3.63, 3.8) is 0 Å². The summed E-state index contributed by atoms with van der Waals surface area (Å²) in [5.74, 6) is 0.873. The van der Waals surface area contributed by atoms with Crippen LogP contribution < -0.4 is 4.74 Å². The van der Waals surface area contributed by atoms with Crippen molar-refractivity contribution in [3.05, 3.63) is 53.6 Å². The fourth-order valence-corrected chi connectivity index (χ4v) is 7.54. The number of allylic oxidation sites excluding steroid dienone is 4. The maximum absolute atomic E-state index is 12.6. The highest BCUT2D eigenvalue weighted by Gasteiger charge is 2.61. The van der Waals surface area contributed by atoms with Gasteiger partial charge in [0.25, 0.3) is 0 Å². The van der Waals surface area contributed by atoms with E-state index in [0.717, 1.165) is 36.4 Å². The molecular weight excluding hydrogens is 494 g/mol. The molecule has 0 saturated heterocycles. The third-order valence-corrected chi connectivity index (χ3v) is 9.35. The lowest BCUT2D eigenvalue weighted by atomic mass is 9.50. The van der Waals surface area contributed by atoms with E-state index in [-0.39, 0.29) is 23.2 Å². The molecule has 2 N–H and O–H groups in total. The van der Waals surface area contributed by atoms with Crippen molar-refractivity contribution < 1.29 is 24.6 Å². The van der Waals surface area contributed by atoms with Gasteiger partial charge in [0.05, 0.1) is 0 Å². The third kappa shape index (κ3) is 5.16. The standard InChI is InChI=1S/C31H41N3O5/c1-20-5-8-23(9-6-20)38-15-16-39-33-22-11-13-30(2)21(17-22)7-10-25-24-12-14-31(37,28(36)19-35)26(24)18-27(29(25)30)32-34(3)4/h5-6,8-9,11,13,17,24-26,29,35,37H,7,10,12,14-16,18-19H2,1-4H3/b32-27-,33-22-/t24-,25-,26?,29+,30-,31+/m0/s1. The van der Waals surface area contributed by atoms with Crippen LogP contribution in [-0.2, 0) is 9.63 Å². The van der Waals surface area contributed by atoms with Crippen LogP contribution in [-0.4, -0.2) is 71.9 Å². The van der Waals surface area contributed by atoms with E-state index in [1.807, 2.05) is 56.4 Å². The van der Waals surface area contributed by atoms with Crippen LogP contribution in [0, 0.1) is 36.0 Å². The minimum Gasteiger partial charge on any atom is -0.490 e. The zero-order chi connectivity index (χ0) is 27.8. The van der Waals surface area contributed by atoms with Gasteiger partial charge < -0.3 is 24.8 Å². The molecule has 210 valence electrons. The first-order valence-corrected chi connectivity index (χ1v) is 14.1. The Bertz CT molecular complexity index is 1200. The Kier molecular flexibility index (Phi) is 7.71. The van der Waals surface area contributed by atoms with E-state index >= 15 is 0 Å². The molecule has 1 aromatic carbocycles. The number of aliphatic hydroxyl groups excluding tert-OH is 1. The molecule has 4 aliphatic rings. The van der Waals surface area contributed by atoms with Crippen LogP contribution in [0.1, 0.15) is 44.6 Å². The predicted octanol–water partition coefficient (Wildman–Crippen LogP) is 3.92. The SMILES string of the molecule is Cc1ccc(OCCO/N=C2/C=C[C@@]3(C)C(=C2)CC[C@H]2[C@@H]4CC[C@](O)(C(=O)CO)C4C/C(=N/N(C)C)[C@@H]23)cc1. The highest BCUT2D eigenvalue weighted by atomic mass is 16.6. The number of hydrogen-bond donors (Lipinski definition) is 2. The molecule has 1 unspecified atom stereocenters. The molecule has 8 nitrogen and oxygen atoms in total. The first-order valence-electron chi connectivity index (χ1n) is 14.1. The van der Waals surface area contributed by atoms with E-state index in [0.29, 0.717) is 32.0 Å². The molecule has 0 spiro atoms. The van der Waals surface area contributed by atoms with Gasteiger partial charge in [-0.1, -0.05) is 41.4 Å². The van der Waals surface area contributed by atoms with Gasteiger partial charge in [-0.25, -0.2) is 0 Å². The van der Waals surface area contributed by atoms with E-state index < -0.39 is 18.0 Å². The summed E-state index contributed by atoms with van der Waals surface area (Å²) in [6.45, 7) is 4.48. The number of Topliss-reactive ketones (excluding diaryl/α,β-unsaturated/α-hetero) is 1. The number of carbonyl (C=O) groups excluding carboxylic acids is 1. The Hall–Kier alpha value is -2.97. The number of carbonyl (C=O) groups is 1. The number of aryl methyl sites for hydroxylation is 1. The third-order valence-electron chi connectivity index (χ3n) is 9.35. The van der Waals surface area contributed by atoms with Gasteiger partial charge in [0.1, 0.15) is 30.3 Å². The summed E-state index contributed by atoms with van der Waals surface area (Å²) in [6, 6.07) is 7.93. The number of oxime groups is 1. The summed E-state index contributed by atoms with van der Waals surface area (Å²) < 4.78 is 5.73. The summed E-state index contributed by atoms with van der Waals surface area (Å²) in [5, 5.41) is 32.1. The molecule has 0 heterocycles. The Morgan fingerprint density at radius 2 is 1.92 bits per heavy atom. The maximum atomic E-state index is 12.6. The van der Waals surface area contributed by atoms with Gasteiger partial charge in [-0.3, -0.25) is 4.79 Å². The number of nitrogens with zero attached hydrogens (tertiary/aromatic N) is 3. The van der Waals surface area contributed by atoms with Crippen LogP contribution in [0.3, 0.4) is 0 Å². The van der Waals surface area contributed by atoms with Gasteiger partial charge in [0.2, 0.25) is 0 Å². The average molecular weight is 536 g/mol. The van der Waals surface area contributed by atoms with Crippen molar-refractivity contribution in [2.24, 2.45) is 39.3 Å². The Balaban J connectivity index is 1.31. The van der Waals surface area contributed by atoms with Crippen LogP contribution in [0.15, 0.2) is 58.3 Å². The van der Waals surface area contributed by atoms with E-state index in [1.54, 1.807) is 0 Å². The number of aliphatic hydroxyl groups is 2. The van der Waals surface area contributed by atoms with Gasteiger partial charge in [0, 0.05) is 37.1 Å². The number of ketones is 1. The largest absolute Gasteiger partial charge is 0.490 e. The minimum atomic E-state index is -1.46. The molecule has 0 amide bonds. The summed E-state index contributed by atoms with van der Waals surface area (Å²) in [4.78, 5) is 18.2. The fourth-order valence-electron chi connectivity index (χ4n) is 7.54. The molecule has 0 aliphatic heterocycles. The molecule has 0 aromatic heterocycles. The average Bonchev–Trinajstić information content (AvgIpc) is 3.26. The molecule has 4 aliphatic carbocycles. The highest BCUT2D eigenvalue weighted by Crippen LogP contribution is 2.61. The molecule has 1 aromatic rings.